The van der Waals surface area contributed by atoms with Crippen LogP contribution in [-0.4, -0.2) is 66.5 Å². The third-order valence-electron chi connectivity index (χ3n) is 10.2. The minimum atomic E-state index is -1.03. The zero-order chi connectivity index (χ0) is 30.6. The molecule has 0 spiro atoms. The van der Waals surface area contributed by atoms with Crippen molar-refractivity contribution in [2.75, 3.05) is 11.9 Å². The number of aliphatic hydroxyl groups is 1. The third-order valence-corrected chi connectivity index (χ3v) is 10.2. The lowest BCUT2D eigenvalue weighted by Gasteiger charge is -2.52. The molecule has 6 atom stereocenters. The highest BCUT2D eigenvalue weighted by Crippen LogP contribution is 2.51. The highest BCUT2D eigenvalue weighted by Gasteiger charge is 2.57. The minimum absolute atomic E-state index is 0.0777. The molecular weight excluding hydrogens is 562 g/mol. The summed E-state index contributed by atoms with van der Waals surface area (Å²) < 4.78 is 1.62. The van der Waals surface area contributed by atoms with Crippen LogP contribution < -0.4 is 5.32 Å². The van der Waals surface area contributed by atoms with Gasteiger partial charge < -0.3 is 15.3 Å². The molecule has 2 unspecified atom stereocenters. The molecular formula is C32H33N7O5. The van der Waals surface area contributed by atoms with Crippen LogP contribution in [0.1, 0.15) is 64.6 Å². The number of para-hydroxylation sites is 1. The maximum atomic E-state index is 14.0. The number of hydrogen-bond donors (Lipinski definition) is 2. The lowest BCUT2D eigenvalue weighted by molar-refractivity contribution is -0.126. The number of imide groups is 1. The number of carbonyl (C=O) groups excluding carboxylic acids is 3. The average Bonchev–Trinajstić information content (AvgIpc) is 3.69. The summed E-state index contributed by atoms with van der Waals surface area (Å²) in [6.07, 6.45) is 6.26. The second kappa shape index (κ2) is 10.8. The smallest absolute Gasteiger partial charge is 0.285 e. The quantitative estimate of drug-likeness (QED) is 0.310. The molecule has 1 aromatic heterocycles. The Labute approximate surface area is 254 Å². The van der Waals surface area contributed by atoms with Gasteiger partial charge in [-0.15, -0.1) is 10.2 Å². The predicted molar refractivity (Wildman–Crippen MR) is 155 cm³/mol. The number of amides is 3. The fourth-order valence-corrected chi connectivity index (χ4v) is 7.86. The van der Waals surface area contributed by atoms with E-state index in [0.29, 0.717) is 48.7 Å². The van der Waals surface area contributed by atoms with Crippen molar-refractivity contribution in [3.05, 3.63) is 77.1 Å². The van der Waals surface area contributed by atoms with Crippen molar-refractivity contribution in [1.82, 2.24) is 25.0 Å². The highest BCUT2D eigenvalue weighted by atomic mass is 16.7. The normalized spacial score (nSPS) is 29.2. The van der Waals surface area contributed by atoms with Gasteiger partial charge in [-0.3, -0.25) is 23.9 Å². The molecule has 3 aromatic rings. The number of nitrogens with one attached hydrogen (secondary N) is 1. The fourth-order valence-electron chi connectivity index (χ4n) is 7.86. The van der Waals surface area contributed by atoms with E-state index in [1.54, 1.807) is 40.0 Å². The number of nitriles is 1. The Morgan fingerprint density at radius 2 is 1.82 bits per heavy atom. The van der Waals surface area contributed by atoms with Gasteiger partial charge in [0.25, 0.3) is 11.8 Å². The number of hydroxylamine groups is 2. The lowest BCUT2D eigenvalue weighted by Crippen LogP contribution is -2.60. The van der Waals surface area contributed by atoms with Gasteiger partial charge in [-0.05, 0) is 67.2 Å². The second-order valence-corrected chi connectivity index (χ2v) is 12.3. The number of benzene rings is 2. The highest BCUT2D eigenvalue weighted by molar-refractivity contribution is 6.20. The van der Waals surface area contributed by atoms with E-state index >= 15 is 0 Å². The number of aliphatic hydroxyl groups excluding tert-OH is 1. The van der Waals surface area contributed by atoms with Crippen LogP contribution in [0.3, 0.4) is 0 Å². The number of fused-ring (bicyclic) bond motifs is 3. The molecule has 1 saturated heterocycles. The summed E-state index contributed by atoms with van der Waals surface area (Å²) >= 11 is 0. The summed E-state index contributed by atoms with van der Waals surface area (Å²) in [7, 11) is 0. The van der Waals surface area contributed by atoms with E-state index in [2.05, 4.69) is 28.7 Å². The number of hydrogen-bond acceptors (Lipinski definition) is 9. The summed E-state index contributed by atoms with van der Waals surface area (Å²) in [5, 5.41) is 33.2. The Kier molecular flexibility index (Phi) is 6.94. The Bertz CT molecular complexity index is 1650. The van der Waals surface area contributed by atoms with Crippen LogP contribution in [0.2, 0.25) is 0 Å². The standard InChI is InChI=1S/C32H33N7O5/c1-19-24-14-28(37(18-33)15-20(24)10-11-27(19)40)32(25-8-4-5-9-26(25)34-31(32)43)12-13-38-16-21(35-36-38)17-44-39-29(41)22-6-2-3-7-23(22)30(39)42/h2-9,16,19-20,24,27-28,40H,10-15,17H2,1H3,(H,34,43)/t19-,20+,24?,27+,28?,32+/m1/s1. The zero-order valence-electron chi connectivity index (χ0n) is 24.3. The van der Waals surface area contributed by atoms with Crippen molar-refractivity contribution >= 4 is 23.4 Å². The van der Waals surface area contributed by atoms with Crippen LogP contribution in [-0.2, 0) is 28.2 Å². The monoisotopic (exact) mass is 595 g/mol. The van der Waals surface area contributed by atoms with Crippen LogP contribution in [0.4, 0.5) is 5.69 Å². The Morgan fingerprint density at radius 3 is 2.57 bits per heavy atom. The maximum Gasteiger partial charge on any atom is 0.285 e. The van der Waals surface area contributed by atoms with Gasteiger partial charge in [-0.2, -0.15) is 5.26 Å². The van der Waals surface area contributed by atoms with Gasteiger partial charge in [0.15, 0.2) is 6.19 Å². The molecule has 4 aliphatic rings. The molecule has 0 bridgehead atoms. The Balaban J connectivity index is 1.12. The summed E-state index contributed by atoms with van der Waals surface area (Å²) in [6.45, 7) is 2.82. The van der Waals surface area contributed by atoms with E-state index in [0.717, 1.165) is 29.2 Å². The zero-order valence-corrected chi connectivity index (χ0v) is 24.3. The average molecular weight is 596 g/mol. The first-order valence-corrected chi connectivity index (χ1v) is 15.1. The van der Waals surface area contributed by atoms with Gasteiger partial charge in [0.1, 0.15) is 12.3 Å². The lowest BCUT2D eigenvalue weighted by atomic mass is 9.61. The molecule has 7 rings (SSSR count). The maximum absolute atomic E-state index is 14.0. The van der Waals surface area contributed by atoms with Gasteiger partial charge in [0, 0.05) is 18.8 Å². The van der Waals surface area contributed by atoms with Crippen LogP contribution in [0.15, 0.2) is 54.7 Å². The van der Waals surface area contributed by atoms with Crippen molar-refractivity contribution < 1.29 is 24.3 Å². The van der Waals surface area contributed by atoms with Crippen molar-refractivity contribution in [3.8, 4) is 6.19 Å². The molecule has 12 nitrogen and oxygen atoms in total. The Morgan fingerprint density at radius 1 is 1.09 bits per heavy atom. The number of piperidine rings is 1. The van der Waals surface area contributed by atoms with Crippen molar-refractivity contribution in [2.24, 2.45) is 17.8 Å². The van der Waals surface area contributed by atoms with Gasteiger partial charge in [0.05, 0.1) is 34.9 Å². The van der Waals surface area contributed by atoms with Gasteiger partial charge >= 0.3 is 0 Å². The SMILES string of the molecule is C[C@@H]1C2CC([C@@]3(CCn4cc(CON5C(=O)c6ccccc6C5=O)nn4)C(=O)Nc4ccccc43)N(C#N)C[C@@H]2CC[C@@H]1O. The van der Waals surface area contributed by atoms with Crippen molar-refractivity contribution in [1.29, 1.82) is 5.26 Å². The van der Waals surface area contributed by atoms with E-state index in [9.17, 15) is 24.8 Å². The second-order valence-electron chi connectivity index (χ2n) is 12.3. The van der Waals surface area contributed by atoms with Gasteiger partial charge in [0.2, 0.25) is 5.91 Å². The molecule has 2 fully saturated rings. The molecule has 0 radical (unpaired) electrons. The minimum Gasteiger partial charge on any atom is -0.393 e. The van der Waals surface area contributed by atoms with Gasteiger partial charge in [-0.1, -0.05) is 42.5 Å². The van der Waals surface area contributed by atoms with Crippen molar-refractivity contribution in [2.45, 2.75) is 63.3 Å². The van der Waals surface area contributed by atoms with Crippen LogP contribution in [0.5, 0.6) is 0 Å². The summed E-state index contributed by atoms with van der Waals surface area (Å²) in [5.74, 6) is -0.636. The molecule has 1 aliphatic carbocycles. The molecule has 2 aromatic carbocycles. The molecule has 1 saturated carbocycles. The number of anilines is 1. The van der Waals surface area contributed by atoms with E-state index in [1.165, 1.54) is 0 Å². The number of aryl methyl sites for hydroxylation is 1. The number of rotatable bonds is 7. The number of likely N-dealkylation sites (tertiary alicyclic amines) is 1. The van der Waals surface area contributed by atoms with E-state index in [4.69, 9.17) is 4.84 Å². The first-order valence-electron chi connectivity index (χ1n) is 15.1. The molecule has 12 heteroatoms. The van der Waals surface area contributed by atoms with Crippen molar-refractivity contribution in [3.63, 3.8) is 0 Å². The first-order chi connectivity index (χ1) is 21.3. The fraction of sp³-hybridized carbons (Fsp3) is 0.438. The van der Waals surface area contributed by atoms with Crippen LogP contribution >= 0.6 is 0 Å². The predicted octanol–water partition coefficient (Wildman–Crippen LogP) is 2.86. The number of carbonyl (C=O) groups is 3. The first kappa shape index (κ1) is 28.2. The largest absolute Gasteiger partial charge is 0.393 e. The summed E-state index contributed by atoms with van der Waals surface area (Å²) in [5.41, 5.74) is 1.56. The molecule has 44 heavy (non-hydrogen) atoms. The third kappa shape index (κ3) is 4.38. The Hall–Kier alpha value is -4.60. The van der Waals surface area contributed by atoms with E-state index in [-0.39, 0.29) is 30.5 Å². The molecule has 4 heterocycles. The summed E-state index contributed by atoms with van der Waals surface area (Å²) in [6, 6.07) is 13.8. The number of nitrogens with zero attached hydrogens (tertiary/aromatic N) is 6. The summed E-state index contributed by atoms with van der Waals surface area (Å²) in [4.78, 5) is 46.6. The number of aromatic nitrogens is 3. The van der Waals surface area contributed by atoms with Gasteiger partial charge in [-0.25, -0.2) is 0 Å². The molecule has 3 amide bonds. The van der Waals surface area contributed by atoms with Crippen LogP contribution in [0, 0.1) is 29.2 Å². The topological polar surface area (TPSA) is 154 Å². The van der Waals surface area contributed by atoms with Crippen LogP contribution in [0.25, 0.3) is 0 Å². The van der Waals surface area contributed by atoms with E-state index in [1.807, 2.05) is 24.3 Å². The molecule has 226 valence electrons. The molecule has 2 N–H and O–H groups in total. The van der Waals surface area contributed by atoms with E-state index < -0.39 is 23.3 Å². The molecule has 3 aliphatic heterocycles.